The van der Waals surface area contributed by atoms with Crippen molar-refractivity contribution in [3.8, 4) is 5.75 Å². The summed E-state index contributed by atoms with van der Waals surface area (Å²) >= 11 is 0. The van der Waals surface area contributed by atoms with Crippen molar-refractivity contribution in [2.75, 3.05) is 18.9 Å². The van der Waals surface area contributed by atoms with Crippen molar-refractivity contribution >= 4 is 24.0 Å². The Morgan fingerprint density at radius 1 is 1.08 bits per heavy atom. The van der Waals surface area contributed by atoms with Gasteiger partial charge in [0.05, 0.1) is 0 Å². The van der Waals surface area contributed by atoms with E-state index >= 15 is 0 Å². The van der Waals surface area contributed by atoms with E-state index in [1.807, 2.05) is 48.5 Å². The van der Waals surface area contributed by atoms with Crippen LogP contribution in [0.3, 0.4) is 0 Å². The molecule has 0 atom stereocenters. The molecule has 0 saturated carbocycles. The largest absolute Gasteiger partial charge is 0.483 e. The maximum atomic E-state index is 12.0. The third kappa shape index (κ3) is 6.67. The van der Waals surface area contributed by atoms with E-state index in [0.717, 1.165) is 29.0 Å². The fourth-order valence-corrected chi connectivity index (χ4v) is 2.44. The Balaban J connectivity index is 0.00000312. The van der Waals surface area contributed by atoms with Crippen molar-refractivity contribution in [1.29, 1.82) is 0 Å². The molecule has 0 aliphatic carbocycles. The van der Waals surface area contributed by atoms with E-state index in [0.29, 0.717) is 6.54 Å². The van der Waals surface area contributed by atoms with Crippen molar-refractivity contribution in [3.05, 3.63) is 59.7 Å². The number of carbonyl (C=O) groups excluding carboxylic acids is 1. The van der Waals surface area contributed by atoms with Crippen LogP contribution in [-0.2, 0) is 16.6 Å². The normalized spacial score (nSPS) is 10.7. The number of halogens is 1. The van der Waals surface area contributed by atoms with Gasteiger partial charge in [-0.1, -0.05) is 51.1 Å². The van der Waals surface area contributed by atoms with Gasteiger partial charge in [0.25, 0.3) is 5.91 Å². The molecular formula is C20H27ClN2O2. The maximum Gasteiger partial charge on any atom is 0.257 e. The summed E-state index contributed by atoms with van der Waals surface area (Å²) in [5.41, 5.74) is 8.61. The van der Waals surface area contributed by atoms with E-state index in [4.69, 9.17) is 10.5 Å². The molecule has 0 radical (unpaired) electrons. The molecule has 2 rings (SSSR count). The molecule has 0 fully saturated rings. The zero-order chi connectivity index (χ0) is 17.6. The highest BCUT2D eigenvalue weighted by Crippen LogP contribution is 2.30. The molecule has 4 nitrogen and oxygen atoms in total. The standard InChI is InChI=1S/C20H26N2O2.ClH/c1-20(2,3)17-6-4-5-7-18(17)24-14-19(23)22-13-12-15-8-10-16(21)11-9-15;/h4-11H,12-14,21H2,1-3H3,(H,22,23);1H. The number of amides is 1. The van der Waals surface area contributed by atoms with Crippen molar-refractivity contribution in [3.63, 3.8) is 0 Å². The van der Waals surface area contributed by atoms with Crippen LogP contribution in [-0.4, -0.2) is 19.1 Å². The number of hydrogen-bond acceptors (Lipinski definition) is 3. The van der Waals surface area contributed by atoms with Crippen LogP contribution in [0.4, 0.5) is 5.69 Å². The molecule has 0 spiro atoms. The molecule has 5 heteroatoms. The van der Waals surface area contributed by atoms with Gasteiger partial charge < -0.3 is 15.8 Å². The third-order valence-corrected chi connectivity index (χ3v) is 3.77. The van der Waals surface area contributed by atoms with Gasteiger partial charge in [0.2, 0.25) is 0 Å². The van der Waals surface area contributed by atoms with Crippen molar-refractivity contribution in [2.45, 2.75) is 32.6 Å². The number of para-hydroxylation sites is 1. The first-order valence-corrected chi connectivity index (χ1v) is 8.19. The van der Waals surface area contributed by atoms with Gasteiger partial charge in [0.15, 0.2) is 6.61 Å². The number of carbonyl (C=O) groups is 1. The van der Waals surface area contributed by atoms with Crippen LogP contribution in [0.5, 0.6) is 5.75 Å². The highest BCUT2D eigenvalue weighted by Gasteiger charge is 2.18. The molecule has 2 aromatic carbocycles. The fraction of sp³-hybridized carbons (Fsp3) is 0.350. The lowest BCUT2D eigenvalue weighted by Crippen LogP contribution is -2.31. The second-order valence-electron chi connectivity index (χ2n) is 6.88. The first-order valence-electron chi connectivity index (χ1n) is 8.19. The molecule has 0 aliphatic rings. The number of hydrogen-bond donors (Lipinski definition) is 2. The molecule has 0 heterocycles. The summed E-state index contributed by atoms with van der Waals surface area (Å²) in [7, 11) is 0. The Morgan fingerprint density at radius 3 is 2.36 bits per heavy atom. The van der Waals surface area contributed by atoms with E-state index < -0.39 is 0 Å². The van der Waals surface area contributed by atoms with Gasteiger partial charge in [-0.2, -0.15) is 0 Å². The zero-order valence-electron chi connectivity index (χ0n) is 15.0. The Morgan fingerprint density at radius 2 is 1.72 bits per heavy atom. The van der Waals surface area contributed by atoms with Gasteiger partial charge in [-0.25, -0.2) is 0 Å². The molecule has 2 aromatic rings. The van der Waals surface area contributed by atoms with Crippen molar-refractivity contribution in [1.82, 2.24) is 5.32 Å². The second kappa shape index (κ2) is 9.33. The monoisotopic (exact) mass is 362 g/mol. The molecule has 136 valence electrons. The molecule has 1 amide bonds. The highest BCUT2D eigenvalue weighted by molar-refractivity contribution is 5.85. The molecule has 0 aromatic heterocycles. The fourth-order valence-electron chi connectivity index (χ4n) is 2.44. The Kier molecular flexibility index (Phi) is 7.78. The van der Waals surface area contributed by atoms with Crippen LogP contribution >= 0.6 is 12.4 Å². The summed E-state index contributed by atoms with van der Waals surface area (Å²) in [5, 5.41) is 2.88. The van der Waals surface area contributed by atoms with Crippen LogP contribution in [0.15, 0.2) is 48.5 Å². The number of nitrogen functional groups attached to an aromatic ring is 1. The summed E-state index contributed by atoms with van der Waals surface area (Å²) in [6.45, 7) is 6.98. The van der Waals surface area contributed by atoms with E-state index in [1.54, 1.807) is 0 Å². The quantitative estimate of drug-likeness (QED) is 0.769. The smallest absolute Gasteiger partial charge is 0.257 e. The van der Waals surface area contributed by atoms with Crippen molar-refractivity contribution in [2.24, 2.45) is 0 Å². The van der Waals surface area contributed by atoms with Gasteiger partial charge in [-0.15, -0.1) is 12.4 Å². The Labute approximate surface area is 156 Å². The Hall–Kier alpha value is -2.20. The predicted octanol–water partition coefficient (Wildman–Crippen LogP) is 3.73. The first kappa shape index (κ1) is 20.8. The van der Waals surface area contributed by atoms with Gasteiger partial charge in [-0.05, 0) is 41.2 Å². The minimum Gasteiger partial charge on any atom is -0.483 e. The number of ether oxygens (including phenoxy) is 1. The lowest BCUT2D eigenvalue weighted by atomic mass is 9.86. The third-order valence-electron chi connectivity index (χ3n) is 3.77. The number of nitrogens with two attached hydrogens (primary N) is 1. The molecule has 0 unspecified atom stereocenters. The molecular weight excluding hydrogens is 336 g/mol. The highest BCUT2D eigenvalue weighted by atomic mass is 35.5. The average molecular weight is 363 g/mol. The van der Waals surface area contributed by atoms with Gasteiger partial charge >= 0.3 is 0 Å². The van der Waals surface area contributed by atoms with E-state index in [1.165, 1.54) is 0 Å². The summed E-state index contributed by atoms with van der Waals surface area (Å²) in [4.78, 5) is 12.0. The van der Waals surface area contributed by atoms with Gasteiger partial charge in [-0.3, -0.25) is 4.79 Å². The molecule has 0 saturated heterocycles. The van der Waals surface area contributed by atoms with Crippen LogP contribution in [0.2, 0.25) is 0 Å². The summed E-state index contributed by atoms with van der Waals surface area (Å²) in [6.07, 6.45) is 0.768. The van der Waals surface area contributed by atoms with Crippen LogP contribution in [0.1, 0.15) is 31.9 Å². The van der Waals surface area contributed by atoms with E-state index in [9.17, 15) is 4.79 Å². The van der Waals surface area contributed by atoms with E-state index in [-0.39, 0.29) is 30.3 Å². The van der Waals surface area contributed by atoms with Crippen molar-refractivity contribution < 1.29 is 9.53 Å². The minimum atomic E-state index is -0.117. The lowest BCUT2D eigenvalue weighted by Gasteiger charge is -2.22. The van der Waals surface area contributed by atoms with Gasteiger partial charge in [0.1, 0.15) is 5.75 Å². The lowest BCUT2D eigenvalue weighted by molar-refractivity contribution is -0.123. The first-order chi connectivity index (χ1) is 11.4. The van der Waals surface area contributed by atoms with Crippen LogP contribution in [0, 0.1) is 0 Å². The number of nitrogens with one attached hydrogen (secondary N) is 1. The number of benzene rings is 2. The zero-order valence-corrected chi connectivity index (χ0v) is 15.9. The number of rotatable bonds is 6. The molecule has 0 bridgehead atoms. The minimum absolute atomic E-state index is 0. The molecule has 25 heavy (non-hydrogen) atoms. The SMILES string of the molecule is CC(C)(C)c1ccccc1OCC(=O)NCCc1ccc(N)cc1.Cl. The summed E-state index contributed by atoms with van der Waals surface area (Å²) in [6, 6.07) is 15.5. The number of anilines is 1. The summed E-state index contributed by atoms with van der Waals surface area (Å²) < 4.78 is 5.72. The van der Waals surface area contributed by atoms with Gasteiger partial charge in [0, 0.05) is 12.2 Å². The maximum absolute atomic E-state index is 12.0. The van der Waals surface area contributed by atoms with Crippen LogP contribution in [0.25, 0.3) is 0 Å². The predicted molar refractivity (Wildman–Crippen MR) is 105 cm³/mol. The topological polar surface area (TPSA) is 64.3 Å². The second-order valence-corrected chi connectivity index (χ2v) is 6.88. The van der Waals surface area contributed by atoms with Crippen LogP contribution < -0.4 is 15.8 Å². The molecule has 3 N–H and O–H groups in total. The Bertz CT molecular complexity index is 679. The van der Waals surface area contributed by atoms with E-state index in [2.05, 4.69) is 26.1 Å². The molecule has 0 aliphatic heterocycles. The average Bonchev–Trinajstić information content (AvgIpc) is 2.54. The summed E-state index contributed by atoms with van der Waals surface area (Å²) in [5.74, 6) is 0.646.